The molecule has 4 rings (SSSR count). The minimum atomic E-state index is -4.40. The summed E-state index contributed by atoms with van der Waals surface area (Å²) in [7, 11) is 0. The first-order valence-electron chi connectivity index (χ1n) is 9.82. The summed E-state index contributed by atoms with van der Waals surface area (Å²) in [5.41, 5.74) is 1.09. The zero-order valence-corrected chi connectivity index (χ0v) is 18.1. The molecule has 4 aromatic rings. The van der Waals surface area contributed by atoms with Crippen LogP contribution in [-0.2, 0) is 12.6 Å². The highest BCUT2D eigenvalue weighted by molar-refractivity contribution is 7.15. The maximum absolute atomic E-state index is 12.9. The van der Waals surface area contributed by atoms with Gasteiger partial charge in [0.05, 0.1) is 5.56 Å². The molecule has 0 atom stereocenters. The number of anilines is 1. The summed E-state index contributed by atoms with van der Waals surface area (Å²) in [4.78, 5) is 28.7. The summed E-state index contributed by atoms with van der Waals surface area (Å²) < 4.78 is 44.3. The van der Waals surface area contributed by atoms with E-state index in [4.69, 9.17) is 4.42 Å². The largest absolute Gasteiger partial charge is 0.451 e. The van der Waals surface area contributed by atoms with E-state index in [1.54, 1.807) is 36.4 Å². The average Bonchev–Trinajstić information content (AvgIpc) is 3.43. The Bertz CT molecular complexity index is 1310. The first kappa shape index (κ1) is 22.5. The minimum absolute atomic E-state index is 0.0445. The van der Waals surface area contributed by atoms with Gasteiger partial charge in [-0.15, -0.1) is 11.3 Å². The molecule has 0 saturated heterocycles. The van der Waals surface area contributed by atoms with Crippen molar-refractivity contribution >= 4 is 28.2 Å². The van der Waals surface area contributed by atoms with E-state index < -0.39 is 17.6 Å². The molecule has 0 aliphatic carbocycles. The third-order valence-electron chi connectivity index (χ3n) is 4.81. The number of hydrogen-bond donors (Lipinski definition) is 1. The van der Waals surface area contributed by atoms with Crippen LogP contribution in [0, 0.1) is 0 Å². The van der Waals surface area contributed by atoms with Crippen molar-refractivity contribution in [2.45, 2.75) is 19.5 Å². The van der Waals surface area contributed by atoms with Crippen LogP contribution in [0.1, 0.15) is 43.8 Å². The lowest BCUT2D eigenvalue weighted by Crippen LogP contribution is -2.10. The third-order valence-corrected chi connectivity index (χ3v) is 5.73. The van der Waals surface area contributed by atoms with E-state index in [1.165, 1.54) is 36.6 Å². The average molecular weight is 470 g/mol. The van der Waals surface area contributed by atoms with Gasteiger partial charge in [-0.2, -0.15) is 13.2 Å². The number of ketones is 1. The summed E-state index contributed by atoms with van der Waals surface area (Å²) in [6.45, 7) is 1.48. The highest BCUT2D eigenvalue weighted by atomic mass is 32.1. The van der Waals surface area contributed by atoms with Crippen LogP contribution >= 0.6 is 11.3 Å². The zero-order chi connectivity index (χ0) is 23.6. The topological polar surface area (TPSA) is 72.2 Å². The van der Waals surface area contributed by atoms with Gasteiger partial charge in [0.25, 0.3) is 5.91 Å². The molecule has 0 saturated carbocycles. The molecule has 5 nitrogen and oxygen atoms in total. The van der Waals surface area contributed by atoms with E-state index in [1.807, 2.05) is 0 Å². The highest BCUT2D eigenvalue weighted by Gasteiger charge is 2.30. The number of halogens is 3. The molecule has 0 radical (unpaired) electrons. The van der Waals surface area contributed by atoms with Gasteiger partial charge in [-0.25, -0.2) is 4.98 Å². The fraction of sp³-hybridized carbons (Fsp3) is 0.125. The molecule has 168 valence electrons. The van der Waals surface area contributed by atoms with Crippen molar-refractivity contribution < 1.29 is 27.2 Å². The van der Waals surface area contributed by atoms with Gasteiger partial charge in [0.15, 0.2) is 16.7 Å². The number of carbonyl (C=O) groups excluding carboxylic acids is 2. The molecule has 0 fully saturated rings. The predicted molar refractivity (Wildman–Crippen MR) is 118 cm³/mol. The number of hydrogen-bond acceptors (Lipinski definition) is 5. The number of benzene rings is 2. The number of nitrogens with one attached hydrogen (secondary N) is 1. The first-order chi connectivity index (χ1) is 15.7. The summed E-state index contributed by atoms with van der Waals surface area (Å²) in [6.07, 6.45) is -2.62. The maximum Gasteiger partial charge on any atom is 0.416 e. The molecule has 0 unspecified atom stereocenters. The smallest absolute Gasteiger partial charge is 0.416 e. The summed E-state index contributed by atoms with van der Waals surface area (Å²) in [5.74, 6) is 0.00779. The number of Topliss-reactive ketones (excluding diaryl/α,β-unsaturated/α-hetero) is 1. The molecule has 2 aromatic heterocycles. The van der Waals surface area contributed by atoms with Gasteiger partial charge >= 0.3 is 6.18 Å². The number of rotatable bonds is 6. The second-order valence-electron chi connectivity index (χ2n) is 7.26. The van der Waals surface area contributed by atoms with Gasteiger partial charge in [0, 0.05) is 28.6 Å². The van der Waals surface area contributed by atoms with Crippen molar-refractivity contribution in [2.75, 3.05) is 5.32 Å². The molecule has 2 aromatic carbocycles. The Labute approximate surface area is 190 Å². The highest BCUT2D eigenvalue weighted by Crippen LogP contribution is 2.31. The van der Waals surface area contributed by atoms with Crippen LogP contribution in [0.2, 0.25) is 0 Å². The van der Waals surface area contributed by atoms with Gasteiger partial charge < -0.3 is 4.42 Å². The molecule has 1 amide bonds. The quantitative estimate of drug-likeness (QED) is 0.328. The van der Waals surface area contributed by atoms with Gasteiger partial charge in [-0.05, 0) is 30.7 Å². The molecule has 0 aliphatic heterocycles. The maximum atomic E-state index is 12.9. The monoisotopic (exact) mass is 470 g/mol. The van der Waals surface area contributed by atoms with Crippen molar-refractivity contribution in [2.24, 2.45) is 0 Å². The summed E-state index contributed by atoms with van der Waals surface area (Å²) in [6, 6.07) is 15.1. The van der Waals surface area contributed by atoms with Crippen LogP contribution < -0.4 is 5.32 Å². The van der Waals surface area contributed by atoms with Crippen LogP contribution in [0.3, 0.4) is 0 Å². The Morgan fingerprint density at radius 3 is 2.52 bits per heavy atom. The zero-order valence-electron chi connectivity index (χ0n) is 17.3. The van der Waals surface area contributed by atoms with Crippen molar-refractivity contribution in [1.29, 1.82) is 0 Å². The molecule has 33 heavy (non-hydrogen) atoms. The number of furan rings is 1. The molecule has 0 spiro atoms. The fourth-order valence-electron chi connectivity index (χ4n) is 3.15. The second-order valence-corrected chi connectivity index (χ2v) is 8.37. The number of alkyl halides is 3. The number of amides is 1. The van der Waals surface area contributed by atoms with Gasteiger partial charge in [-0.1, -0.05) is 42.5 Å². The minimum Gasteiger partial charge on any atom is -0.451 e. The predicted octanol–water partition coefficient (Wildman–Crippen LogP) is 6.47. The van der Waals surface area contributed by atoms with Gasteiger partial charge in [-0.3, -0.25) is 14.9 Å². The number of thiazole rings is 1. The van der Waals surface area contributed by atoms with E-state index in [2.05, 4.69) is 10.3 Å². The Morgan fingerprint density at radius 1 is 1.06 bits per heavy atom. The van der Waals surface area contributed by atoms with E-state index in [0.717, 1.165) is 17.7 Å². The number of carbonyl (C=O) groups is 2. The Morgan fingerprint density at radius 2 is 1.82 bits per heavy atom. The first-order valence-corrected chi connectivity index (χ1v) is 10.6. The summed E-state index contributed by atoms with van der Waals surface area (Å²) in [5, 5.41) is 2.95. The van der Waals surface area contributed by atoms with E-state index >= 15 is 0 Å². The molecule has 2 heterocycles. The van der Waals surface area contributed by atoms with Crippen LogP contribution in [0.25, 0.3) is 11.3 Å². The molecule has 0 bridgehead atoms. The van der Waals surface area contributed by atoms with Crippen molar-refractivity contribution in [1.82, 2.24) is 4.98 Å². The Kier molecular flexibility index (Phi) is 6.15. The van der Waals surface area contributed by atoms with E-state index in [0.29, 0.717) is 26.9 Å². The van der Waals surface area contributed by atoms with Crippen molar-refractivity contribution in [3.63, 3.8) is 0 Å². The van der Waals surface area contributed by atoms with Crippen molar-refractivity contribution in [3.05, 3.63) is 94.2 Å². The normalized spacial score (nSPS) is 11.4. The van der Waals surface area contributed by atoms with Crippen LogP contribution in [0.5, 0.6) is 0 Å². The molecular formula is C24H17F3N2O3S. The van der Waals surface area contributed by atoms with Crippen LogP contribution in [0.4, 0.5) is 18.3 Å². The summed E-state index contributed by atoms with van der Waals surface area (Å²) >= 11 is 1.17. The molecular weight excluding hydrogens is 453 g/mol. The second kappa shape index (κ2) is 9.03. The third kappa shape index (κ3) is 5.38. The van der Waals surface area contributed by atoms with Crippen molar-refractivity contribution in [3.8, 4) is 11.3 Å². The standard InChI is InChI=1S/C24H17F3N2O3S/c1-14(30)16-5-7-17(8-6-16)20-9-10-21(32-20)22(31)29-23-28-13-19(33-23)12-15-3-2-4-18(11-15)24(25,26)27/h2-11,13H,12H2,1H3,(H,28,29,31). The molecule has 9 heteroatoms. The van der Waals surface area contributed by atoms with Crippen LogP contribution in [-0.4, -0.2) is 16.7 Å². The molecule has 0 aliphatic rings. The number of nitrogens with zero attached hydrogens (tertiary/aromatic N) is 1. The molecule has 1 N–H and O–H groups in total. The van der Waals surface area contributed by atoms with E-state index in [-0.39, 0.29) is 18.0 Å². The Balaban J connectivity index is 1.42. The van der Waals surface area contributed by atoms with Crippen LogP contribution in [0.15, 0.2) is 71.3 Å². The Hall–Kier alpha value is -3.72. The SMILES string of the molecule is CC(=O)c1ccc(-c2ccc(C(=O)Nc3ncc(Cc4cccc(C(F)(F)F)c4)s3)o2)cc1. The number of aromatic nitrogens is 1. The van der Waals surface area contributed by atoms with Gasteiger partial charge in [0.1, 0.15) is 5.76 Å². The van der Waals surface area contributed by atoms with Gasteiger partial charge in [0.2, 0.25) is 0 Å². The fourth-order valence-corrected chi connectivity index (χ4v) is 3.99. The lowest BCUT2D eigenvalue weighted by atomic mass is 10.1. The van der Waals surface area contributed by atoms with E-state index in [9.17, 15) is 22.8 Å². The lowest BCUT2D eigenvalue weighted by molar-refractivity contribution is -0.137. The lowest BCUT2D eigenvalue weighted by Gasteiger charge is -2.07.